The van der Waals surface area contributed by atoms with E-state index in [2.05, 4.69) is 30.9 Å². The number of pyridine rings is 1. The van der Waals surface area contributed by atoms with Crippen molar-refractivity contribution in [1.82, 2.24) is 20.3 Å². The number of benzene rings is 1. The maximum Gasteiger partial charge on any atom is 0.264 e. The summed E-state index contributed by atoms with van der Waals surface area (Å²) in [5.41, 5.74) is 0. The Labute approximate surface area is 167 Å². The van der Waals surface area contributed by atoms with Gasteiger partial charge >= 0.3 is 0 Å². The fourth-order valence-corrected chi connectivity index (χ4v) is 2.73. The molecule has 3 heterocycles. The van der Waals surface area contributed by atoms with Gasteiger partial charge in [0.1, 0.15) is 30.4 Å². The third-order valence-electron chi connectivity index (χ3n) is 4.12. The first-order chi connectivity index (χ1) is 14.3. The van der Waals surface area contributed by atoms with Crippen LogP contribution in [-0.4, -0.2) is 46.7 Å². The highest BCUT2D eigenvalue weighted by Crippen LogP contribution is 2.30. The molecule has 4 rings (SSSR count). The fourth-order valence-electron chi connectivity index (χ4n) is 2.73. The number of hydrogen-bond donors (Lipinski definition) is 3. The molecule has 1 aromatic carbocycles. The molecule has 1 aliphatic rings. The first kappa shape index (κ1) is 18.5. The number of fused-ring (bicyclic) bond motifs is 1. The quantitative estimate of drug-likeness (QED) is 0.524. The maximum absolute atomic E-state index is 12.3. The van der Waals surface area contributed by atoms with Crippen molar-refractivity contribution >= 4 is 23.4 Å². The topological polar surface area (TPSA) is 110 Å². The number of hydrogen-bond acceptors (Lipinski definition) is 8. The minimum Gasteiger partial charge on any atom is -0.485 e. The number of amides is 1. The van der Waals surface area contributed by atoms with Crippen LogP contribution in [0.2, 0.25) is 0 Å². The second-order valence-corrected chi connectivity index (χ2v) is 6.21. The summed E-state index contributed by atoms with van der Waals surface area (Å²) in [5, 5.41) is 9.08. The average Bonchev–Trinajstić information content (AvgIpc) is 2.77. The van der Waals surface area contributed by atoms with E-state index in [9.17, 15) is 4.79 Å². The summed E-state index contributed by atoms with van der Waals surface area (Å²) in [6.07, 6.45) is 2.49. The molecular weight excluding hydrogens is 372 g/mol. The predicted octanol–water partition coefficient (Wildman–Crippen LogP) is 1.98. The van der Waals surface area contributed by atoms with Gasteiger partial charge in [-0.3, -0.25) is 4.79 Å². The molecule has 2 aromatic heterocycles. The summed E-state index contributed by atoms with van der Waals surface area (Å²) < 4.78 is 11.3. The van der Waals surface area contributed by atoms with Crippen LogP contribution in [0.3, 0.4) is 0 Å². The van der Waals surface area contributed by atoms with Crippen molar-refractivity contribution in [2.24, 2.45) is 0 Å². The summed E-state index contributed by atoms with van der Waals surface area (Å²) in [5.74, 6) is 2.96. The minimum absolute atomic E-state index is 0.185. The van der Waals surface area contributed by atoms with Gasteiger partial charge in [-0.15, -0.1) is 0 Å². The van der Waals surface area contributed by atoms with Crippen LogP contribution < -0.4 is 25.4 Å². The highest BCUT2D eigenvalue weighted by molar-refractivity contribution is 5.81. The molecule has 148 valence electrons. The van der Waals surface area contributed by atoms with Crippen molar-refractivity contribution in [2.75, 3.05) is 30.3 Å². The van der Waals surface area contributed by atoms with Gasteiger partial charge in [-0.2, -0.15) is 0 Å². The van der Waals surface area contributed by atoms with Gasteiger partial charge in [0.05, 0.1) is 0 Å². The molecular formula is C20H20N6O3. The lowest BCUT2D eigenvalue weighted by Gasteiger charge is -2.25. The van der Waals surface area contributed by atoms with Gasteiger partial charge in [0.2, 0.25) is 6.10 Å². The molecule has 3 aromatic rings. The van der Waals surface area contributed by atoms with Crippen LogP contribution in [0.25, 0.3) is 0 Å². The van der Waals surface area contributed by atoms with Crippen LogP contribution in [0, 0.1) is 0 Å². The van der Waals surface area contributed by atoms with E-state index in [1.807, 2.05) is 36.4 Å². The van der Waals surface area contributed by atoms with E-state index < -0.39 is 6.10 Å². The smallest absolute Gasteiger partial charge is 0.264 e. The second kappa shape index (κ2) is 8.87. The number of ether oxygens (including phenoxy) is 2. The van der Waals surface area contributed by atoms with E-state index in [0.717, 1.165) is 0 Å². The van der Waals surface area contributed by atoms with E-state index in [1.54, 1.807) is 18.3 Å². The molecule has 0 saturated heterocycles. The van der Waals surface area contributed by atoms with E-state index in [-0.39, 0.29) is 12.5 Å². The van der Waals surface area contributed by atoms with Crippen molar-refractivity contribution in [1.29, 1.82) is 0 Å². The lowest BCUT2D eigenvalue weighted by Crippen LogP contribution is -2.45. The highest BCUT2D eigenvalue weighted by Gasteiger charge is 2.26. The predicted molar refractivity (Wildman–Crippen MR) is 107 cm³/mol. The summed E-state index contributed by atoms with van der Waals surface area (Å²) in [4.78, 5) is 24.8. The van der Waals surface area contributed by atoms with Crippen molar-refractivity contribution in [3.63, 3.8) is 0 Å². The Morgan fingerprint density at radius 3 is 2.66 bits per heavy atom. The number of carbonyl (C=O) groups excluding carboxylic acids is 1. The fraction of sp³-hybridized carbons (Fsp3) is 0.200. The Balaban J connectivity index is 1.23. The molecule has 0 aliphatic carbocycles. The van der Waals surface area contributed by atoms with Crippen LogP contribution in [0.5, 0.6) is 11.5 Å². The van der Waals surface area contributed by atoms with Gasteiger partial charge in [0, 0.05) is 25.4 Å². The van der Waals surface area contributed by atoms with Gasteiger partial charge in [0.25, 0.3) is 5.91 Å². The molecule has 0 bridgehead atoms. The Bertz CT molecular complexity index is 969. The number of rotatable bonds is 7. The lowest BCUT2D eigenvalue weighted by atomic mass is 10.2. The number of carbonyl (C=O) groups is 1. The first-order valence-corrected chi connectivity index (χ1v) is 9.18. The maximum atomic E-state index is 12.3. The summed E-state index contributed by atoms with van der Waals surface area (Å²) in [6, 6.07) is 14.6. The molecule has 1 atom stereocenters. The zero-order chi connectivity index (χ0) is 19.9. The van der Waals surface area contributed by atoms with E-state index in [1.165, 1.54) is 6.33 Å². The third kappa shape index (κ3) is 4.89. The van der Waals surface area contributed by atoms with Gasteiger partial charge in [-0.25, -0.2) is 15.0 Å². The zero-order valence-corrected chi connectivity index (χ0v) is 15.5. The molecule has 29 heavy (non-hydrogen) atoms. The number of anilines is 3. The van der Waals surface area contributed by atoms with E-state index in [4.69, 9.17) is 9.47 Å². The number of nitrogens with zero attached hydrogens (tertiary/aromatic N) is 3. The Morgan fingerprint density at radius 2 is 1.79 bits per heavy atom. The molecule has 1 aliphatic heterocycles. The molecule has 0 fully saturated rings. The molecule has 9 heteroatoms. The molecule has 9 nitrogen and oxygen atoms in total. The van der Waals surface area contributed by atoms with Crippen LogP contribution in [0.1, 0.15) is 0 Å². The van der Waals surface area contributed by atoms with E-state index in [0.29, 0.717) is 42.0 Å². The standard InChI is InChI=1S/C20H20N6O3/c27-20(16-12-28-14-5-1-2-6-15(14)29-16)23-10-9-22-18-11-19(25-13-24-18)26-17-7-3-4-8-21-17/h1-8,11,13,16H,9-10,12H2,(H,23,27)(H2,21,22,24,25,26). The first-order valence-electron chi connectivity index (χ1n) is 9.18. The largest absolute Gasteiger partial charge is 0.485 e. The average molecular weight is 392 g/mol. The lowest BCUT2D eigenvalue weighted by molar-refractivity contribution is -0.130. The van der Waals surface area contributed by atoms with Gasteiger partial charge in [-0.1, -0.05) is 18.2 Å². The van der Waals surface area contributed by atoms with Crippen molar-refractivity contribution in [3.8, 4) is 11.5 Å². The monoisotopic (exact) mass is 392 g/mol. The third-order valence-corrected chi connectivity index (χ3v) is 4.12. The van der Waals surface area contributed by atoms with Crippen LogP contribution in [-0.2, 0) is 4.79 Å². The van der Waals surface area contributed by atoms with Crippen LogP contribution in [0.4, 0.5) is 17.5 Å². The Morgan fingerprint density at radius 1 is 0.966 bits per heavy atom. The number of aromatic nitrogens is 3. The summed E-state index contributed by atoms with van der Waals surface area (Å²) in [6.45, 7) is 1.09. The van der Waals surface area contributed by atoms with Crippen LogP contribution >= 0.6 is 0 Å². The van der Waals surface area contributed by atoms with Crippen molar-refractivity contribution in [2.45, 2.75) is 6.10 Å². The highest BCUT2D eigenvalue weighted by atomic mass is 16.6. The Kier molecular flexibility index (Phi) is 5.65. The van der Waals surface area contributed by atoms with Crippen molar-refractivity contribution < 1.29 is 14.3 Å². The molecule has 0 saturated carbocycles. The second-order valence-electron chi connectivity index (χ2n) is 6.21. The SMILES string of the molecule is O=C(NCCNc1cc(Nc2ccccn2)ncn1)C1COc2ccccc2O1. The number of nitrogens with one attached hydrogen (secondary N) is 3. The van der Waals surface area contributed by atoms with Crippen LogP contribution in [0.15, 0.2) is 61.1 Å². The molecule has 0 spiro atoms. The Hall–Kier alpha value is -3.88. The normalized spacial score (nSPS) is 14.7. The molecule has 0 radical (unpaired) electrons. The zero-order valence-electron chi connectivity index (χ0n) is 15.5. The molecule has 3 N–H and O–H groups in total. The summed E-state index contributed by atoms with van der Waals surface area (Å²) >= 11 is 0. The van der Waals surface area contributed by atoms with Gasteiger partial charge < -0.3 is 25.4 Å². The van der Waals surface area contributed by atoms with Crippen molar-refractivity contribution in [3.05, 3.63) is 61.1 Å². The summed E-state index contributed by atoms with van der Waals surface area (Å²) in [7, 11) is 0. The molecule has 1 unspecified atom stereocenters. The van der Waals surface area contributed by atoms with Gasteiger partial charge in [-0.05, 0) is 24.3 Å². The molecule has 1 amide bonds. The number of para-hydroxylation sites is 2. The minimum atomic E-state index is -0.668. The van der Waals surface area contributed by atoms with Gasteiger partial charge in [0.15, 0.2) is 11.5 Å². The van der Waals surface area contributed by atoms with E-state index >= 15 is 0 Å².